The zero-order valence-corrected chi connectivity index (χ0v) is 20.4. The van der Waals surface area contributed by atoms with Crippen LogP contribution in [-0.4, -0.2) is 29.4 Å². The number of carbonyl (C=O) groups excluding carboxylic acids is 5. The minimum Gasteiger partial charge on any atom is -0.289 e. The standard InChI is InChI=1S/C31H24N2O5/c34-27(19-3-1-5-21(13-19)32-28(35)23-15-7-8-16(11-15)24(23)29(32)36)20-4-2-6-22(14-20)33-30(37)25-17-9-10-18(12-17)26(25)31(33)38/h1-10,13-18,23-26H,11-12H2. The molecule has 4 amide bonds. The number of hydrogen-bond donors (Lipinski definition) is 0. The van der Waals surface area contributed by atoms with E-state index < -0.39 is 0 Å². The molecule has 4 fully saturated rings. The first-order valence-corrected chi connectivity index (χ1v) is 13.3. The zero-order valence-electron chi connectivity index (χ0n) is 20.4. The van der Waals surface area contributed by atoms with Gasteiger partial charge >= 0.3 is 0 Å². The van der Waals surface area contributed by atoms with E-state index in [-0.39, 0.29) is 76.8 Å². The molecule has 0 radical (unpaired) electrons. The fourth-order valence-corrected chi connectivity index (χ4v) is 8.05. The first-order valence-electron chi connectivity index (χ1n) is 13.3. The third-order valence-corrected chi connectivity index (χ3v) is 9.67. The second-order valence-corrected chi connectivity index (χ2v) is 11.5. The summed E-state index contributed by atoms with van der Waals surface area (Å²) in [6, 6.07) is 13.2. The molecule has 8 atom stereocenters. The Morgan fingerprint density at radius 3 is 1.24 bits per heavy atom. The summed E-state index contributed by atoms with van der Waals surface area (Å²) < 4.78 is 0. The van der Waals surface area contributed by atoms with Crippen molar-refractivity contribution in [2.45, 2.75) is 12.8 Å². The summed E-state index contributed by atoms with van der Waals surface area (Å²) >= 11 is 0. The van der Waals surface area contributed by atoms with Crippen molar-refractivity contribution in [3.05, 3.63) is 84.0 Å². The Hall–Kier alpha value is -4.13. The highest BCUT2D eigenvalue weighted by atomic mass is 16.2. The molecular formula is C31H24N2O5. The van der Waals surface area contributed by atoms with Crippen molar-refractivity contribution < 1.29 is 24.0 Å². The lowest BCUT2D eigenvalue weighted by Gasteiger charge is -2.19. The molecule has 8 unspecified atom stereocenters. The van der Waals surface area contributed by atoms with Gasteiger partial charge in [-0.25, -0.2) is 9.80 Å². The lowest BCUT2D eigenvalue weighted by atomic mass is 9.85. The number of rotatable bonds is 4. The van der Waals surface area contributed by atoms with Crippen LogP contribution < -0.4 is 9.80 Å². The van der Waals surface area contributed by atoms with E-state index in [0.29, 0.717) is 22.5 Å². The van der Waals surface area contributed by atoms with E-state index in [2.05, 4.69) is 24.3 Å². The number of nitrogens with zero attached hydrogens (tertiary/aromatic N) is 2. The number of allylic oxidation sites excluding steroid dienone is 4. The summed E-state index contributed by atoms with van der Waals surface area (Å²) in [7, 11) is 0. The van der Waals surface area contributed by atoms with Gasteiger partial charge in [0.1, 0.15) is 0 Å². The van der Waals surface area contributed by atoms with Crippen LogP contribution in [0.4, 0.5) is 11.4 Å². The van der Waals surface area contributed by atoms with Crippen molar-refractivity contribution in [2.24, 2.45) is 47.3 Å². The van der Waals surface area contributed by atoms with Gasteiger partial charge in [-0.3, -0.25) is 24.0 Å². The second-order valence-electron chi connectivity index (χ2n) is 11.5. The van der Waals surface area contributed by atoms with Gasteiger partial charge in [-0.05, 0) is 60.8 Å². The molecule has 0 N–H and O–H groups in total. The van der Waals surface area contributed by atoms with Crippen LogP contribution in [0.2, 0.25) is 0 Å². The van der Waals surface area contributed by atoms with E-state index in [9.17, 15) is 24.0 Å². The maximum Gasteiger partial charge on any atom is 0.238 e. The van der Waals surface area contributed by atoms with Crippen LogP contribution in [-0.2, 0) is 19.2 Å². The average molecular weight is 505 g/mol. The third kappa shape index (κ3) is 2.71. The molecule has 4 aliphatic carbocycles. The molecule has 0 aromatic heterocycles. The van der Waals surface area contributed by atoms with Crippen molar-refractivity contribution in [2.75, 3.05) is 9.80 Å². The molecule has 0 spiro atoms. The molecule has 2 saturated heterocycles. The van der Waals surface area contributed by atoms with Crippen LogP contribution in [0.15, 0.2) is 72.8 Å². The number of hydrogen-bond acceptors (Lipinski definition) is 5. The van der Waals surface area contributed by atoms with E-state index >= 15 is 0 Å². The van der Waals surface area contributed by atoms with Crippen LogP contribution in [0.1, 0.15) is 28.8 Å². The first kappa shape index (κ1) is 21.9. The number of fused-ring (bicyclic) bond motifs is 10. The molecule has 188 valence electrons. The van der Waals surface area contributed by atoms with Crippen molar-refractivity contribution in [3.8, 4) is 0 Å². The second kappa shape index (κ2) is 7.47. The molecular weight excluding hydrogens is 480 g/mol. The Kier molecular flexibility index (Phi) is 4.30. The molecule has 7 nitrogen and oxygen atoms in total. The van der Waals surface area contributed by atoms with Crippen LogP contribution in [0.5, 0.6) is 0 Å². The summed E-state index contributed by atoms with van der Waals surface area (Å²) in [6.45, 7) is 0. The van der Waals surface area contributed by atoms with Gasteiger partial charge in [-0.2, -0.15) is 0 Å². The van der Waals surface area contributed by atoms with E-state index in [1.807, 2.05) is 0 Å². The smallest absolute Gasteiger partial charge is 0.238 e. The van der Waals surface area contributed by atoms with Crippen molar-refractivity contribution in [1.82, 2.24) is 0 Å². The lowest BCUT2D eigenvalue weighted by molar-refractivity contribution is -0.124. The van der Waals surface area contributed by atoms with Crippen LogP contribution in [0, 0.1) is 47.3 Å². The van der Waals surface area contributed by atoms with Gasteiger partial charge in [0.05, 0.1) is 35.0 Å². The van der Waals surface area contributed by atoms with Crippen molar-refractivity contribution in [1.29, 1.82) is 0 Å². The Balaban J connectivity index is 1.08. The van der Waals surface area contributed by atoms with Crippen molar-refractivity contribution >= 4 is 40.8 Å². The lowest BCUT2D eigenvalue weighted by Crippen LogP contribution is -2.33. The monoisotopic (exact) mass is 504 g/mol. The molecule has 2 aliphatic heterocycles. The highest BCUT2D eigenvalue weighted by Crippen LogP contribution is 2.54. The summed E-state index contributed by atoms with van der Waals surface area (Å²) in [5.41, 5.74) is 1.46. The van der Waals surface area contributed by atoms with Crippen LogP contribution >= 0.6 is 0 Å². The molecule has 2 aromatic rings. The highest BCUT2D eigenvalue weighted by molar-refractivity contribution is 6.24. The zero-order chi connectivity index (χ0) is 25.9. The van der Waals surface area contributed by atoms with Gasteiger partial charge in [0.15, 0.2) is 5.78 Å². The Labute approximate surface area is 218 Å². The van der Waals surface area contributed by atoms with Gasteiger partial charge in [0.2, 0.25) is 23.6 Å². The molecule has 2 heterocycles. The number of anilines is 2. The van der Waals surface area contributed by atoms with E-state index in [1.54, 1.807) is 48.5 Å². The number of benzene rings is 2. The summed E-state index contributed by atoms with van der Waals surface area (Å²) in [5, 5.41) is 0. The van der Waals surface area contributed by atoms with Crippen molar-refractivity contribution in [3.63, 3.8) is 0 Å². The maximum absolute atomic E-state index is 13.5. The largest absolute Gasteiger partial charge is 0.289 e. The number of ketones is 1. The molecule has 2 saturated carbocycles. The molecule has 4 bridgehead atoms. The molecule has 6 aliphatic rings. The van der Waals surface area contributed by atoms with E-state index in [0.717, 1.165) is 12.8 Å². The topological polar surface area (TPSA) is 91.8 Å². The fraction of sp³-hybridized carbons (Fsp3) is 0.323. The number of carbonyl (C=O) groups is 5. The van der Waals surface area contributed by atoms with Gasteiger partial charge in [0, 0.05) is 11.1 Å². The third-order valence-electron chi connectivity index (χ3n) is 9.67. The number of amides is 4. The average Bonchev–Trinajstić information content (AvgIpc) is 3.77. The van der Waals surface area contributed by atoms with E-state index in [1.165, 1.54) is 9.80 Å². The molecule has 7 heteroatoms. The van der Waals surface area contributed by atoms with Gasteiger partial charge in [-0.1, -0.05) is 48.6 Å². The van der Waals surface area contributed by atoms with Crippen LogP contribution in [0.25, 0.3) is 0 Å². The predicted octanol–water partition coefficient (Wildman–Crippen LogP) is 3.54. The molecule has 38 heavy (non-hydrogen) atoms. The van der Waals surface area contributed by atoms with Gasteiger partial charge in [0.25, 0.3) is 0 Å². The van der Waals surface area contributed by atoms with Crippen LogP contribution in [0.3, 0.4) is 0 Å². The summed E-state index contributed by atoms with van der Waals surface area (Å²) in [5.74, 6) is -1.87. The normalized spacial score (nSPS) is 35.7. The first-order chi connectivity index (χ1) is 18.4. The molecule has 8 rings (SSSR count). The summed E-state index contributed by atoms with van der Waals surface area (Å²) in [6.07, 6.45) is 9.93. The quantitative estimate of drug-likeness (QED) is 0.361. The van der Waals surface area contributed by atoms with Gasteiger partial charge < -0.3 is 0 Å². The SMILES string of the molecule is O=C(c1cccc(N2C(=O)C3C4C=CC(C4)C3C2=O)c1)c1cccc(N2C(=O)C3C4C=CC(C4)C3C2=O)c1. The Bertz CT molecular complexity index is 1380. The minimum atomic E-state index is -0.311. The van der Waals surface area contributed by atoms with E-state index in [4.69, 9.17) is 0 Å². The molecule has 2 aromatic carbocycles. The predicted molar refractivity (Wildman–Crippen MR) is 137 cm³/mol. The summed E-state index contributed by atoms with van der Waals surface area (Å²) in [4.78, 5) is 69.0. The maximum atomic E-state index is 13.5. The Morgan fingerprint density at radius 2 is 0.895 bits per heavy atom. The minimum absolute atomic E-state index is 0.112. The Morgan fingerprint density at radius 1 is 0.553 bits per heavy atom. The number of imide groups is 2. The highest BCUT2D eigenvalue weighted by Gasteiger charge is 2.60. The fourth-order valence-electron chi connectivity index (χ4n) is 8.05. The van der Waals surface area contributed by atoms with Gasteiger partial charge in [-0.15, -0.1) is 0 Å².